The van der Waals surface area contributed by atoms with Gasteiger partial charge < -0.3 is 10.8 Å². The minimum absolute atomic E-state index is 0.0912. The molecule has 4 heterocycles. The summed E-state index contributed by atoms with van der Waals surface area (Å²) >= 11 is 0. The van der Waals surface area contributed by atoms with Crippen molar-refractivity contribution in [2.75, 3.05) is 5.73 Å². The minimum Gasteiger partial charge on any atom is -0.478 e. The lowest BCUT2D eigenvalue weighted by atomic mass is 10.1. The number of nitrogen functional groups attached to an aromatic ring is 1. The topological polar surface area (TPSA) is 120 Å². The first-order chi connectivity index (χ1) is 15.1. The molecule has 0 unspecified atom stereocenters. The van der Waals surface area contributed by atoms with E-state index in [9.17, 15) is 9.90 Å². The number of fused-ring (bicyclic) bond motifs is 1. The molecule has 0 radical (unpaired) electrons. The number of rotatable bonds is 4. The number of pyridine rings is 3. The van der Waals surface area contributed by atoms with Crippen LogP contribution < -0.4 is 5.73 Å². The number of carboxylic acid groups (broad SMARTS) is 1. The Morgan fingerprint density at radius 3 is 2.45 bits per heavy atom. The highest BCUT2D eigenvalue weighted by Gasteiger charge is 2.19. The molecule has 8 nitrogen and oxygen atoms in total. The number of carboxylic acids is 1. The molecule has 31 heavy (non-hydrogen) atoms. The lowest BCUT2D eigenvalue weighted by Gasteiger charge is -2.10. The van der Waals surface area contributed by atoms with Gasteiger partial charge in [0.2, 0.25) is 0 Å². The molecule has 150 valence electrons. The first-order valence-electron chi connectivity index (χ1n) is 9.47. The average Bonchev–Trinajstić information content (AvgIpc) is 3.18. The summed E-state index contributed by atoms with van der Waals surface area (Å²) in [6.07, 6.45) is 2.92. The van der Waals surface area contributed by atoms with Crippen LogP contribution in [0.15, 0.2) is 79.1 Å². The van der Waals surface area contributed by atoms with E-state index in [1.165, 1.54) is 12.3 Å². The van der Waals surface area contributed by atoms with Crippen molar-refractivity contribution in [3.8, 4) is 28.5 Å². The molecule has 4 aromatic heterocycles. The van der Waals surface area contributed by atoms with E-state index in [1.807, 2.05) is 48.5 Å². The highest BCUT2D eigenvalue weighted by molar-refractivity contribution is 5.88. The van der Waals surface area contributed by atoms with Crippen LogP contribution in [0.3, 0.4) is 0 Å². The highest BCUT2D eigenvalue weighted by atomic mass is 16.4. The van der Waals surface area contributed by atoms with Crippen LogP contribution >= 0.6 is 0 Å². The minimum atomic E-state index is -1.05. The Bertz CT molecular complexity index is 1410. The number of imidazole rings is 1. The number of hydrogen-bond acceptors (Lipinski definition) is 6. The third-order valence-corrected chi connectivity index (χ3v) is 4.88. The first kappa shape index (κ1) is 18.4. The van der Waals surface area contributed by atoms with Gasteiger partial charge in [-0.15, -0.1) is 0 Å². The summed E-state index contributed by atoms with van der Waals surface area (Å²) in [6.45, 7) is 0. The predicted octanol–water partition coefficient (Wildman–Crippen LogP) is 3.82. The van der Waals surface area contributed by atoms with Crippen molar-refractivity contribution in [2.24, 2.45) is 0 Å². The summed E-state index contributed by atoms with van der Waals surface area (Å²) in [5.41, 5.74) is 9.82. The normalized spacial score (nSPS) is 11.0. The third kappa shape index (κ3) is 3.25. The summed E-state index contributed by atoms with van der Waals surface area (Å²) in [5.74, 6) is 0.276. The zero-order valence-corrected chi connectivity index (χ0v) is 16.2. The molecule has 0 aliphatic carbocycles. The van der Waals surface area contributed by atoms with Crippen LogP contribution in [0, 0.1) is 0 Å². The van der Waals surface area contributed by atoms with Gasteiger partial charge in [-0.1, -0.05) is 30.3 Å². The number of aromatic nitrogens is 5. The quantitative estimate of drug-likeness (QED) is 0.464. The first-order valence-corrected chi connectivity index (χ1v) is 9.47. The van der Waals surface area contributed by atoms with Gasteiger partial charge in [0.15, 0.2) is 11.5 Å². The van der Waals surface area contributed by atoms with Crippen molar-refractivity contribution in [3.05, 3.63) is 84.7 Å². The van der Waals surface area contributed by atoms with Gasteiger partial charge in [0.05, 0.1) is 16.8 Å². The van der Waals surface area contributed by atoms with Gasteiger partial charge in [-0.25, -0.2) is 24.7 Å². The zero-order chi connectivity index (χ0) is 21.4. The monoisotopic (exact) mass is 408 g/mol. The number of benzene rings is 1. The molecule has 0 bridgehead atoms. The second-order valence-corrected chi connectivity index (χ2v) is 6.82. The van der Waals surface area contributed by atoms with Crippen molar-refractivity contribution in [3.63, 3.8) is 0 Å². The Kier molecular flexibility index (Phi) is 4.37. The van der Waals surface area contributed by atoms with Gasteiger partial charge in [0, 0.05) is 18.0 Å². The molecule has 0 amide bonds. The summed E-state index contributed by atoms with van der Waals surface area (Å²) in [4.78, 5) is 29.3. The van der Waals surface area contributed by atoms with Crippen LogP contribution in [0.2, 0.25) is 0 Å². The van der Waals surface area contributed by atoms with Crippen LogP contribution in [0.5, 0.6) is 0 Å². The summed E-state index contributed by atoms with van der Waals surface area (Å²) in [6, 6.07) is 20.3. The fourth-order valence-corrected chi connectivity index (χ4v) is 3.38. The standard InChI is InChI=1S/C23H16N6O2/c24-20-16(7-4-12-25-20)21-28-18-10-9-17(14-5-2-1-3-6-14)27-22(18)29(21)19-11-8-15(13-26-19)23(30)31/h1-13H,(H2,24,25)(H,30,31). The van der Waals surface area contributed by atoms with Gasteiger partial charge in [-0.05, 0) is 36.4 Å². The van der Waals surface area contributed by atoms with Crippen LogP contribution in [0.4, 0.5) is 5.82 Å². The second-order valence-electron chi connectivity index (χ2n) is 6.82. The number of nitrogens with two attached hydrogens (primary N) is 1. The van der Waals surface area contributed by atoms with Crippen LogP contribution in [-0.4, -0.2) is 35.6 Å². The lowest BCUT2D eigenvalue weighted by Crippen LogP contribution is -2.05. The molecule has 0 fully saturated rings. The van der Waals surface area contributed by atoms with Crippen molar-refractivity contribution in [2.45, 2.75) is 0 Å². The second kappa shape index (κ2) is 7.34. The largest absolute Gasteiger partial charge is 0.478 e. The molecule has 0 aliphatic rings. The van der Waals surface area contributed by atoms with Gasteiger partial charge in [-0.3, -0.25) is 4.57 Å². The molecule has 5 aromatic rings. The Morgan fingerprint density at radius 1 is 0.903 bits per heavy atom. The van der Waals surface area contributed by atoms with Crippen molar-refractivity contribution >= 4 is 23.0 Å². The fraction of sp³-hybridized carbons (Fsp3) is 0. The van der Waals surface area contributed by atoms with E-state index in [0.717, 1.165) is 11.3 Å². The molecule has 0 atom stereocenters. The van der Waals surface area contributed by atoms with E-state index < -0.39 is 5.97 Å². The number of hydrogen-bond donors (Lipinski definition) is 2. The molecule has 8 heteroatoms. The van der Waals surface area contributed by atoms with Crippen molar-refractivity contribution in [1.82, 2.24) is 24.5 Å². The fourth-order valence-electron chi connectivity index (χ4n) is 3.38. The highest BCUT2D eigenvalue weighted by Crippen LogP contribution is 2.31. The van der Waals surface area contributed by atoms with Crippen LogP contribution in [0.1, 0.15) is 10.4 Å². The number of anilines is 1. The van der Waals surface area contributed by atoms with Crippen LogP contribution in [0.25, 0.3) is 39.6 Å². The molecule has 0 spiro atoms. The van der Waals surface area contributed by atoms with Gasteiger partial charge >= 0.3 is 5.97 Å². The van der Waals surface area contributed by atoms with E-state index >= 15 is 0 Å². The maximum atomic E-state index is 11.2. The summed E-state index contributed by atoms with van der Waals surface area (Å²) < 4.78 is 1.76. The Morgan fingerprint density at radius 2 is 1.74 bits per heavy atom. The van der Waals surface area contributed by atoms with E-state index in [1.54, 1.807) is 22.9 Å². The van der Waals surface area contributed by atoms with Gasteiger partial charge in [0.25, 0.3) is 0 Å². The average molecular weight is 408 g/mol. The van der Waals surface area contributed by atoms with Crippen molar-refractivity contribution in [1.29, 1.82) is 0 Å². The van der Waals surface area contributed by atoms with Crippen molar-refractivity contribution < 1.29 is 9.90 Å². The molecule has 0 aliphatic heterocycles. The Labute approximate surface area is 176 Å². The Hall–Kier alpha value is -4.59. The number of nitrogens with zero attached hydrogens (tertiary/aromatic N) is 5. The molecular formula is C23H16N6O2. The SMILES string of the molecule is Nc1ncccc1-c1nc2ccc(-c3ccccc3)nc2n1-c1ccc(C(=O)O)cn1. The van der Waals surface area contributed by atoms with Crippen LogP contribution in [-0.2, 0) is 0 Å². The van der Waals surface area contributed by atoms with E-state index in [0.29, 0.717) is 34.2 Å². The zero-order valence-electron chi connectivity index (χ0n) is 16.2. The number of carbonyl (C=O) groups is 1. The van der Waals surface area contributed by atoms with Gasteiger partial charge in [-0.2, -0.15) is 0 Å². The molecule has 1 aromatic carbocycles. The van der Waals surface area contributed by atoms with E-state index in [-0.39, 0.29) is 5.56 Å². The Balaban J connectivity index is 1.79. The maximum Gasteiger partial charge on any atom is 0.337 e. The molecule has 0 saturated carbocycles. The van der Waals surface area contributed by atoms with E-state index in [2.05, 4.69) is 9.97 Å². The molecule has 3 N–H and O–H groups in total. The summed E-state index contributed by atoms with van der Waals surface area (Å²) in [7, 11) is 0. The third-order valence-electron chi connectivity index (χ3n) is 4.88. The van der Waals surface area contributed by atoms with E-state index in [4.69, 9.17) is 15.7 Å². The molecule has 5 rings (SSSR count). The maximum absolute atomic E-state index is 11.2. The van der Waals surface area contributed by atoms with Gasteiger partial charge in [0.1, 0.15) is 17.2 Å². The lowest BCUT2D eigenvalue weighted by molar-refractivity contribution is 0.0696. The summed E-state index contributed by atoms with van der Waals surface area (Å²) in [5, 5.41) is 9.21. The number of aromatic carboxylic acids is 1. The molecular weight excluding hydrogens is 392 g/mol. The predicted molar refractivity (Wildman–Crippen MR) is 117 cm³/mol. The molecule has 0 saturated heterocycles. The smallest absolute Gasteiger partial charge is 0.337 e.